The third kappa shape index (κ3) is 20.0. The van der Waals surface area contributed by atoms with Gasteiger partial charge in [0.1, 0.15) is 5.75 Å². The van der Waals surface area contributed by atoms with E-state index in [1.165, 1.54) is 115 Å². The summed E-state index contributed by atoms with van der Waals surface area (Å²) in [4.78, 5) is 21.4. The van der Waals surface area contributed by atoms with E-state index in [-0.39, 0.29) is 60.4 Å². The summed E-state index contributed by atoms with van der Waals surface area (Å²) in [6.45, 7) is 4.46. The van der Waals surface area contributed by atoms with Crippen molar-refractivity contribution in [2.45, 2.75) is 142 Å². The van der Waals surface area contributed by atoms with Crippen molar-refractivity contribution in [2.24, 2.45) is 0 Å². The molecule has 236 valence electrons. The van der Waals surface area contributed by atoms with Crippen molar-refractivity contribution in [3.05, 3.63) is 58.7 Å². The Morgan fingerprint density at radius 1 is 0.605 bits per heavy atom. The minimum Gasteiger partial charge on any atom is -0.872 e. The first-order chi connectivity index (χ1) is 20.3. The zero-order chi connectivity index (χ0) is 31.0. The molecule has 2 rings (SSSR count). The molecule has 0 saturated carbocycles. The molecule has 0 unspecified atom stereocenters. The maximum atomic E-state index is 11.7. The molecule has 7 heteroatoms. The van der Waals surface area contributed by atoms with Crippen molar-refractivity contribution in [3.63, 3.8) is 0 Å². The molecule has 6 nitrogen and oxygen atoms in total. The van der Waals surface area contributed by atoms with Crippen molar-refractivity contribution in [1.29, 1.82) is 0 Å². The number of phenolic OH excluding ortho intramolecular Hbond substituents is 1. The molecule has 0 heterocycles. The van der Waals surface area contributed by atoms with Gasteiger partial charge in [-0.25, -0.2) is 4.79 Å². The SMILES string of the molecule is CCCCCCCCCCCc1ccc(C(=O)O)cc1O.CCCCCCCCCCCc1ccc(C(=O)[O-])cc1[O-].[Ca+2]. The van der Waals surface area contributed by atoms with Gasteiger partial charge in [0, 0.05) is 0 Å². The van der Waals surface area contributed by atoms with Crippen LogP contribution in [-0.2, 0) is 12.8 Å². The van der Waals surface area contributed by atoms with E-state index in [9.17, 15) is 24.9 Å². The van der Waals surface area contributed by atoms with E-state index in [1.807, 2.05) is 0 Å². The molecule has 0 bridgehead atoms. The average molecular weight is 623 g/mol. The van der Waals surface area contributed by atoms with Crippen LogP contribution < -0.4 is 10.2 Å². The molecule has 0 amide bonds. The number of rotatable bonds is 22. The number of carbonyl (C=O) groups excluding carboxylic acids is 1. The fourth-order valence-electron chi connectivity index (χ4n) is 5.05. The molecule has 0 fully saturated rings. The Kier molecular flexibility index (Phi) is 25.5. The summed E-state index contributed by atoms with van der Waals surface area (Å²) in [6.07, 6.45) is 24.3. The molecule has 2 aromatic rings. The van der Waals surface area contributed by atoms with Gasteiger partial charge in [0.2, 0.25) is 0 Å². The van der Waals surface area contributed by atoms with Crippen LogP contribution >= 0.6 is 0 Å². The molecule has 0 aromatic heterocycles. The zero-order valence-corrected chi connectivity index (χ0v) is 29.0. The number of hydrogen-bond donors (Lipinski definition) is 2. The van der Waals surface area contributed by atoms with Gasteiger partial charge in [-0.15, -0.1) is 5.75 Å². The van der Waals surface area contributed by atoms with Gasteiger partial charge in [-0.1, -0.05) is 146 Å². The van der Waals surface area contributed by atoms with E-state index in [4.69, 9.17) is 5.11 Å². The van der Waals surface area contributed by atoms with Crippen LogP contribution in [0.5, 0.6) is 11.5 Å². The second-order valence-electron chi connectivity index (χ2n) is 11.4. The van der Waals surface area contributed by atoms with Gasteiger partial charge in [-0.2, -0.15) is 0 Å². The van der Waals surface area contributed by atoms with E-state index in [1.54, 1.807) is 18.2 Å². The number of aromatic hydroxyl groups is 1. The number of hydrogen-bond acceptors (Lipinski definition) is 5. The Hall–Kier alpha value is -1.76. The minimum atomic E-state index is -1.29. The van der Waals surface area contributed by atoms with Gasteiger partial charge in [0.15, 0.2) is 0 Å². The van der Waals surface area contributed by atoms with Gasteiger partial charge >= 0.3 is 43.7 Å². The molecule has 2 aromatic carbocycles. The number of aryl methyl sites for hydroxylation is 2. The van der Waals surface area contributed by atoms with Crippen LogP contribution in [0.25, 0.3) is 0 Å². The topological polar surface area (TPSA) is 121 Å². The van der Waals surface area contributed by atoms with Crippen molar-refractivity contribution in [2.75, 3.05) is 0 Å². The van der Waals surface area contributed by atoms with Gasteiger partial charge in [0.25, 0.3) is 0 Å². The van der Waals surface area contributed by atoms with E-state index in [0.29, 0.717) is 5.56 Å². The monoisotopic (exact) mass is 622 g/mol. The molecule has 0 saturated heterocycles. The molecule has 0 atom stereocenters. The third-order valence-electron chi connectivity index (χ3n) is 7.73. The Labute approximate surface area is 290 Å². The number of benzene rings is 2. The van der Waals surface area contributed by atoms with Gasteiger partial charge in [0.05, 0.1) is 11.5 Å². The molecular formula is C36H54CaO6. The van der Waals surface area contributed by atoms with Crippen LogP contribution in [-0.4, -0.2) is 59.9 Å². The number of unbranched alkanes of at least 4 members (excludes halogenated alkanes) is 16. The third-order valence-corrected chi connectivity index (χ3v) is 7.73. The molecule has 0 spiro atoms. The van der Waals surface area contributed by atoms with Crippen LogP contribution in [0.2, 0.25) is 0 Å². The second kappa shape index (κ2) is 26.6. The summed E-state index contributed by atoms with van der Waals surface area (Å²) in [5.41, 5.74) is 1.67. The Morgan fingerprint density at radius 2 is 1.00 bits per heavy atom. The molecule has 0 aliphatic carbocycles. The van der Waals surface area contributed by atoms with Crippen molar-refractivity contribution in [1.82, 2.24) is 0 Å². The van der Waals surface area contributed by atoms with E-state index in [0.717, 1.165) is 37.7 Å². The van der Waals surface area contributed by atoms with E-state index >= 15 is 0 Å². The predicted octanol–water partition coefficient (Wildman–Crippen LogP) is 7.98. The van der Waals surface area contributed by atoms with Crippen molar-refractivity contribution in [3.8, 4) is 11.5 Å². The first kappa shape index (κ1) is 41.2. The van der Waals surface area contributed by atoms with Crippen molar-refractivity contribution >= 4 is 49.7 Å². The average Bonchev–Trinajstić information content (AvgIpc) is 2.97. The number of aromatic carboxylic acids is 2. The van der Waals surface area contributed by atoms with Gasteiger partial charge in [-0.3, -0.25) is 0 Å². The molecule has 0 radical (unpaired) electrons. The number of carboxylic acid groups (broad SMARTS) is 2. The zero-order valence-electron chi connectivity index (χ0n) is 26.8. The van der Waals surface area contributed by atoms with Crippen LogP contribution in [0.3, 0.4) is 0 Å². The van der Waals surface area contributed by atoms with Crippen LogP contribution in [0.4, 0.5) is 0 Å². The van der Waals surface area contributed by atoms with Gasteiger partial charge in [-0.05, 0) is 48.9 Å². The maximum Gasteiger partial charge on any atom is 2.00 e. The smallest absolute Gasteiger partial charge is 0.872 e. The van der Waals surface area contributed by atoms with Crippen LogP contribution in [0.15, 0.2) is 36.4 Å². The molecule has 43 heavy (non-hydrogen) atoms. The summed E-state index contributed by atoms with van der Waals surface area (Å²) in [5, 5.41) is 41.0. The van der Waals surface area contributed by atoms with Gasteiger partial charge < -0.3 is 25.2 Å². The Balaban J connectivity index is 0.000000802. The summed E-state index contributed by atoms with van der Waals surface area (Å²) in [5.74, 6) is -2.37. The second-order valence-corrected chi connectivity index (χ2v) is 11.4. The van der Waals surface area contributed by atoms with Crippen LogP contribution in [0.1, 0.15) is 161 Å². The molecule has 2 N–H and O–H groups in total. The number of phenols is 1. The standard InChI is InChI=1S/2C18H28O3.Ca/c2*1-2-3-4-5-6-7-8-9-10-11-15-12-13-16(18(20)21)14-17(15)19;/h2*12-14,19H,2-11H2,1H3,(H,20,21);/q;;+2/p-2. The quantitative estimate of drug-likeness (QED) is 0.101. The first-order valence-corrected chi connectivity index (χ1v) is 16.4. The molecular weight excluding hydrogens is 568 g/mol. The molecule has 0 aliphatic heterocycles. The Morgan fingerprint density at radius 3 is 1.40 bits per heavy atom. The summed E-state index contributed by atoms with van der Waals surface area (Å²) in [6, 6.07) is 8.87. The largest absolute Gasteiger partial charge is 2.00 e. The van der Waals surface area contributed by atoms with E-state index < -0.39 is 11.9 Å². The summed E-state index contributed by atoms with van der Waals surface area (Å²) >= 11 is 0. The van der Waals surface area contributed by atoms with Crippen molar-refractivity contribution < 1.29 is 30.0 Å². The Bertz CT molecular complexity index is 941. The summed E-state index contributed by atoms with van der Waals surface area (Å²) in [7, 11) is 0. The number of carbonyl (C=O) groups is 2. The normalized spacial score (nSPS) is 10.5. The van der Waals surface area contributed by atoms with E-state index in [2.05, 4.69) is 13.8 Å². The fourth-order valence-corrected chi connectivity index (χ4v) is 5.05. The fraction of sp³-hybridized carbons (Fsp3) is 0.611. The molecule has 0 aliphatic rings. The summed E-state index contributed by atoms with van der Waals surface area (Å²) < 4.78 is 0. The maximum absolute atomic E-state index is 11.7. The number of carboxylic acids is 2. The minimum absolute atomic E-state index is 0. The predicted molar refractivity (Wildman–Crippen MR) is 173 cm³/mol. The van der Waals surface area contributed by atoms with Crippen LogP contribution in [0, 0.1) is 0 Å². The first-order valence-electron chi connectivity index (χ1n) is 16.4.